The second-order valence-electron chi connectivity index (χ2n) is 1.96. The van der Waals surface area contributed by atoms with Crippen molar-refractivity contribution in [2.45, 2.75) is 3.79 Å². The topological polar surface area (TPSA) is 66.0 Å². The third kappa shape index (κ3) is 1.83. The lowest BCUT2D eigenvalue weighted by Crippen LogP contribution is -2.08. The lowest BCUT2D eigenvalue weighted by atomic mass is 10.3. The van der Waals surface area contributed by atoms with Gasteiger partial charge in [-0.1, -0.05) is 34.8 Å². The zero-order valence-corrected chi connectivity index (χ0v) is 7.78. The van der Waals surface area contributed by atoms with Gasteiger partial charge in [0.15, 0.2) is 0 Å². The number of H-pyrrole nitrogens is 1. The first-order valence-electron chi connectivity index (χ1n) is 2.77. The van der Waals surface area contributed by atoms with E-state index in [1.165, 1.54) is 0 Å². The van der Waals surface area contributed by atoms with Crippen LogP contribution in [0.2, 0.25) is 0 Å². The Morgan fingerprint density at radius 3 is 2.50 bits per heavy atom. The quantitative estimate of drug-likeness (QED) is 0.723. The van der Waals surface area contributed by atoms with E-state index >= 15 is 0 Å². The molecular weight excluding hydrogens is 226 g/mol. The van der Waals surface area contributed by atoms with Crippen LogP contribution in [0.3, 0.4) is 0 Å². The van der Waals surface area contributed by atoms with E-state index < -0.39 is 9.76 Å². The van der Waals surface area contributed by atoms with Crippen LogP contribution in [0.25, 0.3) is 0 Å². The summed E-state index contributed by atoms with van der Waals surface area (Å²) in [6.45, 7) is 0. The number of aromatic nitrogens is 2. The van der Waals surface area contributed by atoms with Gasteiger partial charge in [-0.3, -0.25) is 5.10 Å². The maximum atomic E-state index is 10.5. The van der Waals surface area contributed by atoms with Crippen LogP contribution >= 0.6 is 34.8 Å². The summed E-state index contributed by atoms with van der Waals surface area (Å²) in [6.07, 6.45) is 1.08. The fourth-order valence-electron chi connectivity index (χ4n) is 0.664. The number of nitrogens with one attached hydrogen (secondary N) is 1. The van der Waals surface area contributed by atoms with E-state index in [0.717, 1.165) is 6.20 Å². The average molecular weight is 229 g/mol. The smallest absolute Gasteiger partial charge is 0.339 e. The molecule has 7 heteroatoms. The molecule has 4 nitrogen and oxygen atoms in total. The molecule has 1 heterocycles. The van der Waals surface area contributed by atoms with Crippen molar-refractivity contribution >= 4 is 40.8 Å². The number of carboxylic acid groups (broad SMARTS) is 1. The Morgan fingerprint density at radius 2 is 2.17 bits per heavy atom. The first-order valence-corrected chi connectivity index (χ1v) is 3.90. The Kier molecular flexibility index (Phi) is 2.51. The maximum absolute atomic E-state index is 10.5. The fraction of sp³-hybridized carbons (Fsp3) is 0.200. The molecule has 0 spiro atoms. The number of aromatic carboxylic acids is 1. The minimum absolute atomic E-state index is 0.0417. The highest BCUT2D eigenvalue weighted by Crippen LogP contribution is 2.38. The van der Waals surface area contributed by atoms with Gasteiger partial charge >= 0.3 is 5.97 Å². The van der Waals surface area contributed by atoms with E-state index in [-0.39, 0.29) is 11.3 Å². The Hall–Kier alpha value is -0.450. The third-order valence-electron chi connectivity index (χ3n) is 1.15. The molecule has 0 fully saturated rings. The predicted octanol–water partition coefficient (Wildman–Crippen LogP) is 1.93. The second kappa shape index (κ2) is 3.12. The highest BCUT2D eigenvalue weighted by Gasteiger charge is 2.30. The van der Waals surface area contributed by atoms with Gasteiger partial charge in [0.25, 0.3) is 0 Å². The van der Waals surface area contributed by atoms with Crippen molar-refractivity contribution in [2.75, 3.05) is 0 Å². The van der Waals surface area contributed by atoms with Crippen molar-refractivity contribution < 1.29 is 9.90 Å². The zero-order chi connectivity index (χ0) is 9.35. The lowest BCUT2D eigenvalue weighted by Gasteiger charge is -2.08. The highest BCUT2D eigenvalue weighted by molar-refractivity contribution is 6.66. The summed E-state index contributed by atoms with van der Waals surface area (Å²) in [7, 11) is 0. The number of hydrogen-bond acceptors (Lipinski definition) is 2. The lowest BCUT2D eigenvalue weighted by molar-refractivity contribution is 0.0696. The van der Waals surface area contributed by atoms with E-state index in [9.17, 15) is 4.79 Å². The van der Waals surface area contributed by atoms with E-state index in [0.29, 0.717) is 0 Å². The number of hydrogen-bond donors (Lipinski definition) is 2. The Labute approximate surface area is 82.4 Å². The largest absolute Gasteiger partial charge is 0.478 e. The van der Waals surface area contributed by atoms with E-state index in [2.05, 4.69) is 10.2 Å². The molecule has 0 aliphatic carbocycles. The van der Waals surface area contributed by atoms with Crippen molar-refractivity contribution in [3.05, 3.63) is 17.5 Å². The number of nitrogens with zero attached hydrogens (tertiary/aromatic N) is 1. The summed E-state index contributed by atoms with van der Waals surface area (Å²) in [5.74, 6) is -1.19. The van der Waals surface area contributed by atoms with Crippen LogP contribution < -0.4 is 0 Å². The van der Waals surface area contributed by atoms with Crippen LogP contribution in [0.5, 0.6) is 0 Å². The van der Waals surface area contributed by atoms with E-state index in [1.807, 2.05) is 0 Å². The van der Waals surface area contributed by atoms with Crippen molar-refractivity contribution in [2.24, 2.45) is 0 Å². The van der Waals surface area contributed by atoms with E-state index in [4.69, 9.17) is 39.9 Å². The van der Waals surface area contributed by atoms with Gasteiger partial charge in [-0.25, -0.2) is 4.79 Å². The van der Waals surface area contributed by atoms with Crippen LogP contribution in [-0.2, 0) is 3.79 Å². The Balaban J connectivity index is 3.17. The minimum atomic E-state index is -1.79. The standard InChI is InChI=1S/C5H3Cl3N2O2/c6-5(7,8)3-2(4(11)12)1-9-10-3/h1H,(H,9,10)(H,11,12). The minimum Gasteiger partial charge on any atom is -0.478 e. The number of halogens is 3. The number of alkyl halides is 3. The number of carboxylic acids is 1. The van der Waals surface area contributed by atoms with Gasteiger partial charge in [-0.15, -0.1) is 0 Å². The predicted molar refractivity (Wildman–Crippen MR) is 44.8 cm³/mol. The maximum Gasteiger partial charge on any atom is 0.339 e. The Morgan fingerprint density at radius 1 is 1.58 bits per heavy atom. The average Bonchev–Trinajstić information content (AvgIpc) is 2.30. The number of aromatic amines is 1. The van der Waals surface area contributed by atoms with Crippen molar-refractivity contribution in [1.82, 2.24) is 10.2 Å². The number of rotatable bonds is 1. The van der Waals surface area contributed by atoms with Crippen LogP contribution in [0.15, 0.2) is 6.20 Å². The molecule has 1 rings (SSSR count). The highest BCUT2D eigenvalue weighted by atomic mass is 35.6. The second-order valence-corrected chi connectivity index (χ2v) is 4.24. The zero-order valence-electron chi connectivity index (χ0n) is 5.51. The molecule has 66 valence electrons. The fourth-order valence-corrected chi connectivity index (χ4v) is 1.10. The monoisotopic (exact) mass is 228 g/mol. The van der Waals surface area contributed by atoms with Gasteiger partial charge < -0.3 is 5.11 Å². The summed E-state index contributed by atoms with van der Waals surface area (Å²) in [5, 5.41) is 14.3. The molecule has 0 aromatic carbocycles. The van der Waals surface area contributed by atoms with Gasteiger partial charge in [0.2, 0.25) is 3.79 Å². The van der Waals surface area contributed by atoms with Crippen molar-refractivity contribution in [3.8, 4) is 0 Å². The Bertz CT molecular complexity index is 304. The van der Waals surface area contributed by atoms with Gasteiger partial charge in [-0.05, 0) is 0 Å². The van der Waals surface area contributed by atoms with Gasteiger partial charge in [0.05, 0.1) is 6.20 Å². The normalized spacial score (nSPS) is 11.6. The molecule has 0 aliphatic heterocycles. The molecular formula is C5H3Cl3N2O2. The summed E-state index contributed by atoms with van der Waals surface area (Å²) in [5.41, 5.74) is -0.185. The van der Waals surface area contributed by atoms with Crippen molar-refractivity contribution in [3.63, 3.8) is 0 Å². The SMILES string of the molecule is O=C(O)c1cn[nH]c1C(Cl)(Cl)Cl. The van der Waals surface area contributed by atoms with Gasteiger partial charge in [0.1, 0.15) is 11.3 Å². The van der Waals surface area contributed by atoms with Gasteiger partial charge in [0, 0.05) is 0 Å². The first-order chi connectivity index (χ1) is 5.43. The molecule has 0 saturated carbocycles. The first kappa shape index (κ1) is 9.64. The molecule has 2 N–H and O–H groups in total. The molecule has 0 radical (unpaired) electrons. The molecule has 0 unspecified atom stereocenters. The molecule has 0 bridgehead atoms. The molecule has 0 saturated heterocycles. The van der Waals surface area contributed by atoms with Crippen LogP contribution in [0.4, 0.5) is 0 Å². The molecule has 0 amide bonds. The van der Waals surface area contributed by atoms with E-state index in [1.54, 1.807) is 0 Å². The van der Waals surface area contributed by atoms with Crippen LogP contribution in [-0.4, -0.2) is 21.3 Å². The summed E-state index contributed by atoms with van der Waals surface area (Å²) < 4.78 is -1.79. The summed E-state index contributed by atoms with van der Waals surface area (Å²) >= 11 is 16.3. The summed E-state index contributed by atoms with van der Waals surface area (Å²) in [6, 6.07) is 0. The van der Waals surface area contributed by atoms with Crippen molar-refractivity contribution in [1.29, 1.82) is 0 Å². The summed E-state index contributed by atoms with van der Waals surface area (Å²) in [4.78, 5) is 10.5. The molecule has 0 aliphatic rings. The molecule has 12 heavy (non-hydrogen) atoms. The van der Waals surface area contributed by atoms with Gasteiger partial charge in [-0.2, -0.15) is 5.10 Å². The third-order valence-corrected chi connectivity index (χ3v) is 1.72. The van der Waals surface area contributed by atoms with Crippen LogP contribution in [0, 0.1) is 0 Å². The van der Waals surface area contributed by atoms with Crippen LogP contribution in [0.1, 0.15) is 16.1 Å². The number of carbonyl (C=O) groups is 1. The molecule has 0 atom stereocenters. The molecule has 1 aromatic heterocycles. The molecule has 1 aromatic rings.